The molecule has 188 valence electrons. The number of ether oxygens (including phenoxy) is 1. The van der Waals surface area contributed by atoms with Gasteiger partial charge in [-0.2, -0.15) is 74.3 Å². The molecule has 0 saturated heterocycles. The number of alkyl halides is 15. The van der Waals surface area contributed by atoms with Crippen LogP contribution in [0.25, 0.3) is 0 Å². The third kappa shape index (κ3) is 5.25. The molecule has 0 atom stereocenters. The minimum atomic E-state index is -8.37. The first-order valence-electron chi connectivity index (χ1n) is 6.96. The van der Waals surface area contributed by atoms with Crippen molar-refractivity contribution in [1.29, 1.82) is 0 Å². The zero-order chi connectivity index (χ0) is 25.5. The van der Waals surface area contributed by atoms with Gasteiger partial charge in [0, 0.05) is 0 Å². The number of hydrogen-bond acceptors (Lipinski definition) is 4. The molecule has 0 bridgehead atoms. The lowest BCUT2D eigenvalue weighted by molar-refractivity contribution is -0.453. The molecular weight excluding hydrogens is 513 g/mol. The minimum Gasteiger partial charge on any atom is -0.372 e. The highest BCUT2D eigenvalue weighted by atomic mass is 32.2. The largest absolute Gasteiger partial charge is 0.460 e. The summed E-state index contributed by atoms with van der Waals surface area (Å²) in [5, 5.41) is 0. The molecule has 0 aliphatic carbocycles. The van der Waals surface area contributed by atoms with E-state index in [-0.39, 0.29) is 0 Å². The van der Waals surface area contributed by atoms with E-state index < -0.39 is 71.7 Å². The predicted octanol–water partition coefficient (Wildman–Crippen LogP) is 4.35. The molecule has 0 fully saturated rings. The Morgan fingerprint density at radius 2 is 0.935 bits per heavy atom. The van der Waals surface area contributed by atoms with Gasteiger partial charge >= 0.3 is 41.7 Å². The van der Waals surface area contributed by atoms with Crippen molar-refractivity contribution in [1.82, 2.24) is 0 Å². The summed E-state index contributed by atoms with van der Waals surface area (Å²) in [5.41, 5.74) is 0. The second-order valence-electron chi connectivity index (χ2n) is 5.65. The smallest absolute Gasteiger partial charge is 0.372 e. The van der Waals surface area contributed by atoms with Crippen LogP contribution < -0.4 is 0 Å². The zero-order valence-electron chi connectivity index (χ0n) is 14.3. The van der Waals surface area contributed by atoms with Gasteiger partial charge in [-0.05, 0) is 0 Å². The summed E-state index contributed by atoms with van der Waals surface area (Å²) in [6.07, 6.45) is -7.27. The monoisotopic (exact) mass is 522 g/mol. The van der Waals surface area contributed by atoms with Crippen LogP contribution in [0.15, 0.2) is 0 Å². The van der Waals surface area contributed by atoms with Gasteiger partial charge in [0.15, 0.2) is 0 Å². The Morgan fingerprint density at radius 3 is 1.29 bits per heavy atom. The second-order valence-corrected chi connectivity index (χ2v) is 7.30. The molecule has 0 aromatic rings. The molecule has 0 rings (SSSR count). The molecule has 0 N–H and O–H groups in total. The van der Waals surface area contributed by atoms with Crippen molar-refractivity contribution >= 4 is 10.1 Å². The minimum absolute atomic E-state index is 0.398. The molecule has 31 heavy (non-hydrogen) atoms. The van der Waals surface area contributed by atoms with Gasteiger partial charge in [-0.15, -0.1) is 0 Å². The predicted molar refractivity (Wildman–Crippen MR) is 67.4 cm³/mol. The highest BCUT2D eigenvalue weighted by Crippen LogP contribution is 2.62. The second kappa shape index (κ2) is 8.31. The Kier molecular flexibility index (Phi) is 7.99. The van der Waals surface area contributed by atoms with Crippen molar-refractivity contribution in [2.75, 3.05) is 26.1 Å². The summed E-state index contributed by atoms with van der Waals surface area (Å²) in [5.74, 6) is -47.1. The van der Waals surface area contributed by atoms with Gasteiger partial charge < -0.3 is 4.74 Å². The van der Waals surface area contributed by atoms with Crippen LogP contribution >= 0.6 is 0 Å². The highest BCUT2D eigenvalue weighted by Gasteiger charge is 2.93. The number of halogens is 15. The Bertz CT molecular complexity index is 728. The van der Waals surface area contributed by atoms with Crippen LogP contribution in [0.5, 0.6) is 0 Å². The Morgan fingerprint density at radius 1 is 0.581 bits per heavy atom. The van der Waals surface area contributed by atoms with Gasteiger partial charge in [0.2, 0.25) is 0 Å². The summed E-state index contributed by atoms with van der Waals surface area (Å²) in [6, 6.07) is 0. The number of rotatable bonds is 11. The first kappa shape index (κ1) is 29.8. The van der Waals surface area contributed by atoms with E-state index in [1.165, 1.54) is 0 Å². The summed E-state index contributed by atoms with van der Waals surface area (Å²) >= 11 is 0. The molecule has 4 nitrogen and oxygen atoms in total. The van der Waals surface area contributed by atoms with E-state index in [1.807, 2.05) is 0 Å². The van der Waals surface area contributed by atoms with Crippen LogP contribution in [0.3, 0.4) is 0 Å². The van der Waals surface area contributed by atoms with Crippen LogP contribution in [0, 0.1) is 0 Å². The average Bonchev–Trinajstić information content (AvgIpc) is 2.51. The van der Waals surface area contributed by atoms with E-state index in [0.29, 0.717) is 6.26 Å². The molecule has 0 aromatic heterocycles. The van der Waals surface area contributed by atoms with Crippen molar-refractivity contribution in [3.05, 3.63) is 0 Å². The van der Waals surface area contributed by atoms with Crippen LogP contribution in [0.1, 0.15) is 0 Å². The molecular formula is C11H9F15O4S. The summed E-state index contributed by atoms with van der Waals surface area (Å²) < 4.78 is 221. The summed E-state index contributed by atoms with van der Waals surface area (Å²) in [7, 11) is -4.23. The van der Waals surface area contributed by atoms with Gasteiger partial charge in [0.1, 0.15) is 6.61 Å². The zero-order valence-corrected chi connectivity index (χ0v) is 15.1. The average molecular weight is 522 g/mol. The van der Waals surface area contributed by atoms with E-state index in [0.717, 1.165) is 0 Å². The molecule has 0 unspecified atom stereocenters. The molecule has 0 aliphatic heterocycles. The van der Waals surface area contributed by atoms with Crippen LogP contribution in [-0.4, -0.2) is 76.2 Å². The first-order valence-corrected chi connectivity index (χ1v) is 8.78. The summed E-state index contributed by atoms with van der Waals surface area (Å²) in [6.45, 7) is -5.62. The maximum atomic E-state index is 13.3. The quantitative estimate of drug-likeness (QED) is 0.230. The molecule has 0 spiro atoms. The lowest BCUT2D eigenvalue weighted by Crippen LogP contribution is -2.73. The molecule has 0 heterocycles. The van der Waals surface area contributed by atoms with Gasteiger partial charge in [-0.25, -0.2) is 0 Å². The molecule has 0 saturated carbocycles. The molecule has 0 aliphatic rings. The van der Waals surface area contributed by atoms with E-state index in [4.69, 9.17) is 0 Å². The third-order valence-corrected chi connectivity index (χ3v) is 3.80. The third-order valence-electron chi connectivity index (χ3n) is 3.20. The molecule has 0 radical (unpaired) electrons. The fourth-order valence-electron chi connectivity index (χ4n) is 1.53. The molecule has 0 aromatic carbocycles. The van der Waals surface area contributed by atoms with Crippen molar-refractivity contribution in [3.8, 4) is 0 Å². The van der Waals surface area contributed by atoms with Crippen LogP contribution in [0.4, 0.5) is 65.9 Å². The van der Waals surface area contributed by atoms with Crippen LogP contribution in [-0.2, 0) is 19.0 Å². The summed E-state index contributed by atoms with van der Waals surface area (Å²) in [4.78, 5) is 0. The maximum Gasteiger partial charge on any atom is 0.460 e. The Labute approximate surface area is 162 Å². The number of hydrogen-bond donors (Lipinski definition) is 0. The Hall–Kier alpha value is -1.18. The normalized spacial score (nSPS) is 16.0. The molecule has 20 heteroatoms. The van der Waals surface area contributed by atoms with E-state index >= 15 is 0 Å². The van der Waals surface area contributed by atoms with Gasteiger partial charge in [0.25, 0.3) is 10.1 Å². The topological polar surface area (TPSA) is 52.6 Å². The van der Waals surface area contributed by atoms with Gasteiger partial charge in [0.05, 0.1) is 19.5 Å². The Balaban J connectivity index is 5.88. The van der Waals surface area contributed by atoms with Crippen molar-refractivity contribution in [2.45, 2.75) is 41.7 Å². The maximum absolute atomic E-state index is 13.3. The first-order chi connectivity index (χ1) is 13.2. The van der Waals surface area contributed by atoms with Crippen molar-refractivity contribution < 1.29 is 83.2 Å². The van der Waals surface area contributed by atoms with E-state index in [1.54, 1.807) is 0 Å². The fraction of sp³-hybridized carbons (Fsp3) is 1.00. The fourth-order valence-corrected chi connectivity index (χ4v) is 1.91. The highest BCUT2D eigenvalue weighted by molar-refractivity contribution is 7.85. The van der Waals surface area contributed by atoms with Crippen molar-refractivity contribution in [3.63, 3.8) is 0 Å². The standard InChI is InChI=1S/C11H9F15O4S/c1-31(27,28)30-3-2-29-4-5(12,13)6(14,15)7(16,17)8(18,19)9(20,21)10(22,23)11(24,25)26/h2-4H2,1H3. The molecule has 0 amide bonds. The SMILES string of the molecule is CS(=O)(=O)OCCOCC(F)(F)C(F)(F)C(F)(F)C(F)(F)C(F)(F)C(F)(F)C(F)(F)F. The van der Waals surface area contributed by atoms with Crippen molar-refractivity contribution in [2.24, 2.45) is 0 Å². The van der Waals surface area contributed by atoms with E-state index in [2.05, 4.69) is 8.92 Å². The van der Waals surface area contributed by atoms with Gasteiger partial charge in [-0.1, -0.05) is 0 Å². The lowest BCUT2D eigenvalue weighted by atomic mass is 9.91. The lowest BCUT2D eigenvalue weighted by Gasteiger charge is -2.41. The van der Waals surface area contributed by atoms with Crippen LogP contribution in [0.2, 0.25) is 0 Å². The van der Waals surface area contributed by atoms with Gasteiger partial charge in [-0.3, -0.25) is 4.18 Å². The van der Waals surface area contributed by atoms with E-state index in [9.17, 15) is 74.3 Å².